The van der Waals surface area contributed by atoms with Crippen LogP contribution in [0, 0.1) is 5.92 Å². The van der Waals surface area contributed by atoms with Crippen LogP contribution in [0.5, 0.6) is 0 Å². The zero-order chi connectivity index (χ0) is 25.0. The Kier molecular flexibility index (Phi) is 6.00. The summed E-state index contributed by atoms with van der Waals surface area (Å²) in [6.45, 7) is 10.6. The molecular formula is C20H28N6O7S. The Morgan fingerprint density at radius 1 is 1.06 bits per heavy atom. The number of β-lactam (4-membered cyclic amide) rings is 1. The van der Waals surface area contributed by atoms with E-state index in [1.807, 2.05) is 0 Å². The first-order chi connectivity index (χ1) is 15.7. The highest BCUT2D eigenvalue weighted by Gasteiger charge is 2.65. The van der Waals surface area contributed by atoms with E-state index in [9.17, 15) is 14.4 Å². The van der Waals surface area contributed by atoms with Crippen molar-refractivity contribution in [2.45, 2.75) is 76.4 Å². The van der Waals surface area contributed by atoms with Gasteiger partial charge in [-0.1, -0.05) is 0 Å². The van der Waals surface area contributed by atoms with Crippen molar-refractivity contribution in [3.8, 4) is 0 Å². The number of hydrogen-bond donors (Lipinski definition) is 0. The van der Waals surface area contributed by atoms with Gasteiger partial charge in [0.2, 0.25) is 11.0 Å². The van der Waals surface area contributed by atoms with Gasteiger partial charge in [-0.2, -0.15) is 0 Å². The number of aromatic nitrogens is 4. The summed E-state index contributed by atoms with van der Waals surface area (Å²) in [5, 5.41) is 13.3. The normalized spacial score (nSPS) is 24.5. The molecule has 3 aliphatic heterocycles. The van der Waals surface area contributed by atoms with Gasteiger partial charge in [-0.3, -0.25) is 9.69 Å². The number of amides is 1. The zero-order valence-corrected chi connectivity index (χ0v) is 20.9. The summed E-state index contributed by atoms with van der Waals surface area (Å²) < 4.78 is 17.6. The first kappa shape index (κ1) is 24.3. The van der Waals surface area contributed by atoms with Crippen molar-refractivity contribution < 1.29 is 33.4 Å². The predicted molar refractivity (Wildman–Crippen MR) is 116 cm³/mol. The number of aryl methyl sites for hydroxylation is 1. The molecule has 0 radical (unpaired) electrons. The third-order valence-corrected chi connectivity index (χ3v) is 6.42. The lowest BCUT2D eigenvalue weighted by molar-refractivity contribution is -0.223. The Bertz CT molecular complexity index is 1040. The highest BCUT2D eigenvalue weighted by Crippen LogP contribution is 2.53. The van der Waals surface area contributed by atoms with Crippen molar-refractivity contribution in [2.24, 2.45) is 13.0 Å². The number of hydrogen-bond acceptors (Lipinski definition) is 12. The van der Waals surface area contributed by atoms with Crippen LogP contribution >= 0.6 is 11.8 Å². The molecule has 1 amide bonds. The van der Waals surface area contributed by atoms with E-state index < -0.39 is 29.6 Å². The molecule has 1 unspecified atom stereocenters. The number of piperidine rings is 1. The van der Waals surface area contributed by atoms with Gasteiger partial charge < -0.3 is 19.0 Å². The van der Waals surface area contributed by atoms with E-state index in [1.54, 1.807) is 48.6 Å². The smallest absolute Gasteiger partial charge is 0.428 e. The van der Waals surface area contributed by atoms with Gasteiger partial charge in [-0.05, 0) is 70.2 Å². The summed E-state index contributed by atoms with van der Waals surface area (Å²) in [6.07, 6.45) is -1.27. The van der Waals surface area contributed by atoms with Crippen LogP contribution in [0.15, 0.2) is 15.9 Å². The van der Waals surface area contributed by atoms with Gasteiger partial charge in [-0.25, -0.2) is 14.3 Å². The minimum atomic E-state index is -0.923. The molecule has 0 N–H and O–H groups in total. The van der Waals surface area contributed by atoms with Gasteiger partial charge in [0, 0.05) is 19.5 Å². The van der Waals surface area contributed by atoms with E-state index in [1.165, 1.54) is 26.4 Å². The Balaban J connectivity index is 1.58. The van der Waals surface area contributed by atoms with Crippen molar-refractivity contribution >= 4 is 30.0 Å². The van der Waals surface area contributed by atoms with Gasteiger partial charge in [0.15, 0.2) is 0 Å². The molecule has 14 heteroatoms. The Morgan fingerprint density at radius 2 is 1.71 bits per heavy atom. The number of thioether (sulfide) groups is 1. The van der Waals surface area contributed by atoms with Gasteiger partial charge >= 0.3 is 12.3 Å². The van der Waals surface area contributed by atoms with E-state index in [0.717, 1.165) is 0 Å². The first-order valence-corrected chi connectivity index (χ1v) is 11.6. The molecule has 4 rings (SSSR count). The lowest BCUT2D eigenvalue weighted by atomic mass is 9.82. The van der Waals surface area contributed by atoms with Crippen molar-refractivity contribution in [3.63, 3.8) is 0 Å². The van der Waals surface area contributed by atoms with E-state index >= 15 is 0 Å². The van der Waals surface area contributed by atoms with E-state index in [-0.39, 0.29) is 23.8 Å². The molecule has 4 heterocycles. The minimum Gasteiger partial charge on any atom is -0.428 e. The summed E-state index contributed by atoms with van der Waals surface area (Å²) >= 11 is 1.22. The number of nitrogens with zero attached hydrogens (tertiary/aromatic N) is 6. The van der Waals surface area contributed by atoms with Gasteiger partial charge in [-0.15, -0.1) is 10.2 Å². The predicted octanol–water partition coefficient (Wildman–Crippen LogP) is 2.20. The standard InChI is InChI=1S/C20H28N6O7S/c1-19(2,3)31-17(28)30-15-13(34-16-21-22-23-24(16)7)10-8-9-25(12-11(10)26(15)14(12)27)33-18(29)32-20(4,5)6/h10-12H,8-9H2,1-7H3/t10?,11-,12+/m1/s1. The molecule has 0 bridgehead atoms. The second kappa shape index (κ2) is 8.41. The van der Waals surface area contributed by atoms with Gasteiger partial charge in [0.05, 0.1) is 10.9 Å². The molecule has 1 aromatic rings. The van der Waals surface area contributed by atoms with Crippen LogP contribution in [0.25, 0.3) is 0 Å². The monoisotopic (exact) mass is 496 g/mol. The Labute approximate surface area is 200 Å². The van der Waals surface area contributed by atoms with Crippen molar-refractivity contribution in [3.05, 3.63) is 10.8 Å². The quantitative estimate of drug-likeness (QED) is 0.446. The zero-order valence-electron chi connectivity index (χ0n) is 20.1. The minimum absolute atomic E-state index is 0.0950. The maximum absolute atomic E-state index is 13.2. The summed E-state index contributed by atoms with van der Waals surface area (Å²) in [6, 6.07) is -1.11. The Morgan fingerprint density at radius 3 is 2.29 bits per heavy atom. The van der Waals surface area contributed by atoms with Crippen molar-refractivity contribution in [1.29, 1.82) is 0 Å². The Hall–Kier alpha value is -2.87. The number of carbonyl (C=O) groups excluding carboxylic acids is 3. The fourth-order valence-corrected chi connectivity index (χ4v) is 5.08. The van der Waals surface area contributed by atoms with Crippen LogP contribution in [0.3, 0.4) is 0 Å². The van der Waals surface area contributed by atoms with Crippen molar-refractivity contribution in [1.82, 2.24) is 30.2 Å². The number of hydroxylamine groups is 2. The first-order valence-electron chi connectivity index (χ1n) is 10.8. The molecule has 186 valence electrons. The van der Waals surface area contributed by atoms with Gasteiger partial charge in [0.25, 0.3) is 5.91 Å². The molecule has 0 spiro atoms. The highest BCUT2D eigenvalue weighted by atomic mass is 32.2. The summed E-state index contributed by atoms with van der Waals surface area (Å²) in [5.41, 5.74) is -1.51. The number of rotatable bonds is 4. The van der Waals surface area contributed by atoms with E-state index in [4.69, 9.17) is 19.0 Å². The molecule has 3 atom stereocenters. The third-order valence-electron chi connectivity index (χ3n) is 5.19. The van der Waals surface area contributed by atoms with E-state index in [2.05, 4.69) is 15.5 Å². The lowest BCUT2D eigenvalue weighted by Gasteiger charge is -2.51. The molecule has 2 fully saturated rings. The number of carbonyl (C=O) groups is 3. The van der Waals surface area contributed by atoms with Crippen LogP contribution in [0.4, 0.5) is 9.59 Å². The van der Waals surface area contributed by atoms with Crippen LogP contribution in [-0.4, -0.2) is 78.2 Å². The molecule has 2 saturated heterocycles. The highest BCUT2D eigenvalue weighted by molar-refractivity contribution is 8.03. The SMILES string of the molecule is Cn1nnnc1SC1=C(OC(=O)OC(C)(C)C)N2C(=O)[C@@H]3[C@H]2C1CCN3OC(=O)OC(C)(C)C. The van der Waals surface area contributed by atoms with Crippen LogP contribution in [0.2, 0.25) is 0 Å². The van der Waals surface area contributed by atoms with Crippen molar-refractivity contribution in [2.75, 3.05) is 6.54 Å². The molecule has 3 aliphatic rings. The van der Waals surface area contributed by atoms with Gasteiger partial charge in [0.1, 0.15) is 17.2 Å². The molecule has 13 nitrogen and oxygen atoms in total. The largest absolute Gasteiger partial charge is 0.528 e. The van der Waals surface area contributed by atoms with Crippen LogP contribution in [-0.2, 0) is 30.9 Å². The van der Waals surface area contributed by atoms with E-state index in [0.29, 0.717) is 23.0 Å². The molecule has 0 aliphatic carbocycles. The van der Waals surface area contributed by atoms with Crippen LogP contribution < -0.4 is 0 Å². The number of tetrazole rings is 1. The second-order valence-corrected chi connectivity index (χ2v) is 11.2. The topological polar surface area (TPSA) is 138 Å². The average molecular weight is 497 g/mol. The molecule has 34 heavy (non-hydrogen) atoms. The summed E-state index contributed by atoms with van der Waals surface area (Å²) in [7, 11) is 1.69. The molecule has 1 aromatic heterocycles. The average Bonchev–Trinajstić information content (AvgIpc) is 3.18. The third kappa shape index (κ3) is 4.69. The maximum Gasteiger partial charge on any atom is 0.528 e. The summed E-state index contributed by atoms with van der Waals surface area (Å²) in [4.78, 5) is 45.3. The fourth-order valence-electron chi connectivity index (χ4n) is 4.00. The number of ether oxygens (including phenoxy) is 3. The fraction of sp³-hybridized carbons (Fsp3) is 0.700. The second-order valence-electron chi connectivity index (χ2n) is 10.2. The molecule has 0 aromatic carbocycles. The van der Waals surface area contributed by atoms with Crippen LogP contribution in [0.1, 0.15) is 48.0 Å². The maximum atomic E-state index is 13.2. The summed E-state index contributed by atoms with van der Waals surface area (Å²) in [5.74, 6) is -0.429. The lowest BCUT2D eigenvalue weighted by Crippen LogP contribution is -2.72. The molecular weight excluding hydrogens is 468 g/mol. The molecule has 0 saturated carbocycles.